The lowest BCUT2D eigenvalue weighted by Gasteiger charge is -2.16. The zero-order valence-electron chi connectivity index (χ0n) is 11.2. The predicted octanol–water partition coefficient (Wildman–Crippen LogP) is 2.20. The number of hydrogen-bond donors (Lipinski definition) is 2. The van der Waals surface area contributed by atoms with Gasteiger partial charge < -0.3 is 14.8 Å². The zero-order chi connectivity index (χ0) is 13.4. The quantitative estimate of drug-likeness (QED) is 0.877. The van der Waals surface area contributed by atoms with Gasteiger partial charge in [0.25, 0.3) is 0 Å². The fourth-order valence-electron chi connectivity index (χ4n) is 3.32. The van der Waals surface area contributed by atoms with Crippen LogP contribution in [0.2, 0.25) is 0 Å². The molecule has 0 amide bonds. The van der Waals surface area contributed by atoms with E-state index in [1.165, 1.54) is 0 Å². The number of nitrogens with zero attached hydrogens (tertiary/aromatic N) is 1. The van der Waals surface area contributed by atoms with Crippen LogP contribution in [0.4, 0.5) is 0 Å². The fraction of sp³-hybridized carbons (Fsp3) is 0.714. The summed E-state index contributed by atoms with van der Waals surface area (Å²) in [6.45, 7) is 2.89. The van der Waals surface area contributed by atoms with Gasteiger partial charge in [-0.1, -0.05) is 6.92 Å². The van der Waals surface area contributed by atoms with Crippen molar-refractivity contribution in [2.45, 2.75) is 57.0 Å². The van der Waals surface area contributed by atoms with E-state index in [9.17, 15) is 9.90 Å². The second-order valence-corrected chi connectivity index (χ2v) is 5.48. The van der Waals surface area contributed by atoms with E-state index in [4.69, 9.17) is 4.74 Å². The van der Waals surface area contributed by atoms with Crippen LogP contribution in [0.1, 0.15) is 61.7 Å². The first-order chi connectivity index (χ1) is 9.20. The van der Waals surface area contributed by atoms with Gasteiger partial charge in [-0.25, -0.2) is 4.98 Å². The third kappa shape index (κ3) is 2.16. The molecule has 3 rings (SSSR count). The highest BCUT2D eigenvalue weighted by Crippen LogP contribution is 2.36. The van der Waals surface area contributed by atoms with Gasteiger partial charge in [-0.3, -0.25) is 4.79 Å². The Bertz CT molecular complexity index is 483. The van der Waals surface area contributed by atoms with E-state index < -0.39 is 11.9 Å². The minimum Gasteiger partial charge on any atom is -0.481 e. The molecule has 2 aliphatic rings. The molecule has 0 saturated carbocycles. The average molecular weight is 264 g/mol. The molecule has 19 heavy (non-hydrogen) atoms. The van der Waals surface area contributed by atoms with Crippen LogP contribution < -0.4 is 0 Å². The maximum atomic E-state index is 11.3. The van der Waals surface area contributed by atoms with Crippen molar-refractivity contribution < 1.29 is 14.6 Å². The molecule has 5 heteroatoms. The monoisotopic (exact) mass is 264 g/mol. The summed E-state index contributed by atoms with van der Waals surface area (Å²) in [6, 6.07) is 0. The Morgan fingerprint density at radius 1 is 1.53 bits per heavy atom. The largest absolute Gasteiger partial charge is 0.481 e. The van der Waals surface area contributed by atoms with E-state index in [1.54, 1.807) is 0 Å². The molecule has 3 unspecified atom stereocenters. The van der Waals surface area contributed by atoms with E-state index in [2.05, 4.69) is 16.9 Å². The highest BCUT2D eigenvalue weighted by Gasteiger charge is 2.35. The van der Waals surface area contributed by atoms with Gasteiger partial charge in [0.1, 0.15) is 11.7 Å². The number of aromatic amines is 1. The lowest BCUT2D eigenvalue weighted by atomic mass is 9.90. The number of rotatable bonds is 3. The minimum atomic E-state index is -0.756. The summed E-state index contributed by atoms with van der Waals surface area (Å²) < 4.78 is 5.70. The molecule has 1 fully saturated rings. The average Bonchev–Trinajstić information content (AvgIpc) is 3.03. The van der Waals surface area contributed by atoms with Crippen molar-refractivity contribution in [3.63, 3.8) is 0 Å². The lowest BCUT2D eigenvalue weighted by Crippen LogP contribution is -2.18. The van der Waals surface area contributed by atoms with Gasteiger partial charge in [-0.15, -0.1) is 0 Å². The van der Waals surface area contributed by atoms with Crippen LogP contribution >= 0.6 is 0 Å². The lowest BCUT2D eigenvalue weighted by molar-refractivity contribution is -0.139. The molecule has 5 nitrogen and oxygen atoms in total. The molecular weight excluding hydrogens is 244 g/mol. The summed E-state index contributed by atoms with van der Waals surface area (Å²) in [6.07, 6.45) is 4.70. The van der Waals surface area contributed by atoms with E-state index in [-0.39, 0.29) is 6.10 Å². The maximum absolute atomic E-state index is 11.3. The Morgan fingerprint density at radius 2 is 2.37 bits per heavy atom. The van der Waals surface area contributed by atoms with Crippen LogP contribution in [0.15, 0.2) is 0 Å². The Kier molecular flexibility index (Phi) is 3.31. The van der Waals surface area contributed by atoms with Gasteiger partial charge in [-0.05, 0) is 32.1 Å². The Morgan fingerprint density at radius 3 is 3.11 bits per heavy atom. The van der Waals surface area contributed by atoms with Crippen molar-refractivity contribution in [1.29, 1.82) is 0 Å². The Labute approximate surface area is 112 Å². The summed E-state index contributed by atoms with van der Waals surface area (Å²) in [4.78, 5) is 19.3. The molecule has 1 aromatic rings. The van der Waals surface area contributed by atoms with Crippen molar-refractivity contribution >= 4 is 5.97 Å². The summed E-state index contributed by atoms with van der Waals surface area (Å²) in [5.41, 5.74) is 1.78. The number of H-pyrrole nitrogens is 1. The normalized spacial score (nSPS) is 30.3. The van der Waals surface area contributed by atoms with Crippen molar-refractivity contribution in [3.8, 4) is 0 Å². The van der Waals surface area contributed by atoms with Crippen molar-refractivity contribution in [2.75, 3.05) is 6.61 Å². The van der Waals surface area contributed by atoms with E-state index in [0.717, 1.165) is 49.5 Å². The molecule has 0 radical (unpaired) electrons. The smallest absolute Gasteiger partial charge is 0.312 e. The highest BCUT2D eigenvalue weighted by molar-refractivity contribution is 5.76. The number of fused-ring (bicyclic) bond motifs is 1. The molecule has 0 spiro atoms. The second-order valence-electron chi connectivity index (χ2n) is 5.48. The predicted molar refractivity (Wildman–Crippen MR) is 69.3 cm³/mol. The fourth-order valence-corrected chi connectivity index (χ4v) is 3.32. The Hall–Kier alpha value is -1.36. The third-order valence-electron chi connectivity index (χ3n) is 4.34. The highest BCUT2D eigenvalue weighted by atomic mass is 16.5. The number of carboxylic acids is 1. The van der Waals surface area contributed by atoms with Crippen molar-refractivity contribution in [3.05, 3.63) is 17.2 Å². The number of carboxylic acid groups (broad SMARTS) is 1. The summed E-state index contributed by atoms with van der Waals surface area (Å²) in [5, 5.41) is 9.28. The maximum Gasteiger partial charge on any atom is 0.312 e. The van der Waals surface area contributed by atoms with E-state index in [1.807, 2.05) is 0 Å². The molecule has 2 N–H and O–H groups in total. The van der Waals surface area contributed by atoms with Gasteiger partial charge in [0.15, 0.2) is 0 Å². The van der Waals surface area contributed by atoms with Crippen LogP contribution in [-0.4, -0.2) is 33.8 Å². The second kappa shape index (κ2) is 4.96. The number of aromatic nitrogens is 2. The standard InChI is InChI=1S/C14H20N2O3/c1-2-11-8(6-7-19-11)13-15-10-5-3-4-9(14(17)18)12(10)16-13/h8-9,11H,2-7H2,1H3,(H,15,16)(H,17,18). The Balaban J connectivity index is 1.91. The molecule has 3 atom stereocenters. The minimum absolute atomic E-state index is 0.218. The van der Waals surface area contributed by atoms with Gasteiger partial charge >= 0.3 is 5.97 Å². The topological polar surface area (TPSA) is 75.2 Å². The molecule has 1 aliphatic heterocycles. The van der Waals surface area contributed by atoms with Crippen LogP contribution in [0, 0.1) is 0 Å². The summed E-state index contributed by atoms with van der Waals surface area (Å²) in [5.74, 6) is 0.0393. The number of hydrogen-bond acceptors (Lipinski definition) is 3. The molecule has 0 bridgehead atoms. The molecule has 2 heterocycles. The number of ether oxygens (including phenoxy) is 1. The van der Waals surface area contributed by atoms with Crippen LogP contribution in [0.25, 0.3) is 0 Å². The van der Waals surface area contributed by atoms with Crippen LogP contribution in [0.5, 0.6) is 0 Å². The van der Waals surface area contributed by atoms with E-state index in [0.29, 0.717) is 12.3 Å². The van der Waals surface area contributed by atoms with Crippen LogP contribution in [0.3, 0.4) is 0 Å². The molecule has 1 aliphatic carbocycles. The first kappa shape index (κ1) is 12.7. The summed E-state index contributed by atoms with van der Waals surface area (Å²) >= 11 is 0. The number of carbonyl (C=O) groups is 1. The first-order valence-electron chi connectivity index (χ1n) is 7.13. The van der Waals surface area contributed by atoms with E-state index >= 15 is 0 Å². The summed E-state index contributed by atoms with van der Waals surface area (Å²) in [7, 11) is 0. The van der Waals surface area contributed by atoms with Gasteiger partial charge in [-0.2, -0.15) is 0 Å². The molecule has 0 aromatic carbocycles. The number of imidazole rings is 1. The SMILES string of the molecule is CCC1OCCC1c1nc2c([nH]1)CCCC2C(=O)O. The molecule has 104 valence electrons. The van der Waals surface area contributed by atoms with Crippen LogP contribution in [-0.2, 0) is 16.0 Å². The first-order valence-corrected chi connectivity index (χ1v) is 7.13. The number of nitrogens with one attached hydrogen (secondary N) is 1. The van der Waals surface area contributed by atoms with Gasteiger partial charge in [0, 0.05) is 18.2 Å². The molecule has 1 aromatic heterocycles. The van der Waals surface area contributed by atoms with Crippen molar-refractivity contribution in [2.24, 2.45) is 0 Å². The molecular formula is C14H20N2O3. The number of aryl methyl sites for hydroxylation is 1. The molecule has 1 saturated heterocycles. The number of aliphatic carboxylic acids is 1. The van der Waals surface area contributed by atoms with Gasteiger partial charge in [0.05, 0.1) is 11.8 Å². The van der Waals surface area contributed by atoms with Crippen molar-refractivity contribution in [1.82, 2.24) is 9.97 Å². The van der Waals surface area contributed by atoms with Gasteiger partial charge in [0.2, 0.25) is 0 Å². The third-order valence-corrected chi connectivity index (χ3v) is 4.34. The zero-order valence-corrected chi connectivity index (χ0v) is 11.2.